The average Bonchev–Trinajstić information content (AvgIpc) is 2.30. The van der Waals surface area contributed by atoms with E-state index in [1.54, 1.807) is 0 Å². The molecule has 0 amide bonds. The van der Waals surface area contributed by atoms with Crippen molar-refractivity contribution in [3.63, 3.8) is 0 Å². The molecule has 1 aromatic heterocycles. The first-order chi connectivity index (χ1) is 9.34. The van der Waals surface area contributed by atoms with Gasteiger partial charge in [0, 0.05) is 0 Å². The lowest BCUT2D eigenvalue weighted by Gasteiger charge is -2.33. The van der Waals surface area contributed by atoms with Gasteiger partial charge in [-0.1, -0.05) is 13.8 Å². The van der Waals surface area contributed by atoms with Gasteiger partial charge in [0.05, 0.1) is 6.10 Å². The van der Waals surface area contributed by atoms with Crippen LogP contribution in [0, 0.1) is 5.41 Å². The van der Waals surface area contributed by atoms with E-state index in [9.17, 15) is 0 Å². The maximum absolute atomic E-state index is 5.87. The van der Waals surface area contributed by atoms with Crippen molar-refractivity contribution < 1.29 is 9.47 Å². The molecule has 112 valence electrons. The first-order valence-corrected chi connectivity index (χ1v) is 7.47. The van der Waals surface area contributed by atoms with E-state index in [1.807, 2.05) is 13.8 Å². The molecule has 0 aromatic carbocycles. The van der Waals surface area contributed by atoms with Crippen molar-refractivity contribution in [1.29, 1.82) is 0 Å². The Kier molecular flexibility index (Phi) is 4.68. The van der Waals surface area contributed by atoms with Crippen LogP contribution >= 0.6 is 11.6 Å². The van der Waals surface area contributed by atoms with Crippen LogP contribution in [0.15, 0.2) is 0 Å². The molecule has 2 rings (SSSR count). The minimum atomic E-state index is -0.0169. The standard InChI is InChI=1S/C14H22ClN3O2/c1-9(2)19-12-16-11(15)17-13(18-12)20-10-5-7-14(3,4)8-6-10/h9-10H,5-8H2,1-4H3. The summed E-state index contributed by atoms with van der Waals surface area (Å²) in [5, 5.41) is 0.0989. The molecular formula is C14H22ClN3O2. The highest BCUT2D eigenvalue weighted by Gasteiger charge is 2.28. The predicted octanol–water partition coefficient (Wildman–Crippen LogP) is 3.66. The van der Waals surface area contributed by atoms with Crippen LogP contribution in [0.2, 0.25) is 5.28 Å². The van der Waals surface area contributed by atoms with Crippen LogP contribution in [0.3, 0.4) is 0 Å². The van der Waals surface area contributed by atoms with Crippen LogP contribution in [-0.2, 0) is 0 Å². The average molecular weight is 300 g/mol. The summed E-state index contributed by atoms with van der Waals surface area (Å²) in [5.74, 6) is 0. The SMILES string of the molecule is CC(C)Oc1nc(Cl)nc(OC2CCC(C)(C)CC2)n1. The number of ether oxygens (including phenoxy) is 2. The number of hydrogen-bond acceptors (Lipinski definition) is 5. The summed E-state index contributed by atoms with van der Waals surface area (Å²) in [4.78, 5) is 12.1. The van der Waals surface area contributed by atoms with E-state index in [-0.39, 0.29) is 29.5 Å². The van der Waals surface area contributed by atoms with Crippen molar-refractivity contribution in [3.05, 3.63) is 5.28 Å². The molecule has 0 aliphatic heterocycles. The monoisotopic (exact) mass is 299 g/mol. The summed E-state index contributed by atoms with van der Waals surface area (Å²) in [6.07, 6.45) is 4.44. The molecule has 1 saturated carbocycles. The Morgan fingerprint density at radius 2 is 1.70 bits per heavy atom. The third-order valence-corrected chi connectivity index (χ3v) is 3.64. The zero-order valence-corrected chi connectivity index (χ0v) is 13.3. The highest BCUT2D eigenvalue weighted by molar-refractivity contribution is 6.28. The molecule has 6 heteroatoms. The normalized spacial score (nSPS) is 19.1. The quantitative estimate of drug-likeness (QED) is 0.849. The lowest BCUT2D eigenvalue weighted by molar-refractivity contribution is 0.0887. The van der Waals surface area contributed by atoms with Gasteiger partial charge in [-0.3, -0.25) is 0 Å². The van der Waals surface area contributed by atoms with E-state index in [2.05, 4.69) is 28.8 Å². The minimum Gasteiger partial charge on any atom is -0.461 e. The Hall–Kier alpha value is -1.10. The van der Waals surface area contributed by atoms with Crippen molar-refractivity contribution in [2.24, 2.45) is 5.41 Å². The van der Waals surface area contributed by atoms with Crippen molar-refractivity contribution in [1.82, 2.24) is 15.0 Å². The van der Waals surface area contributed by atoms with Crippen LogP contribution < -0.4 is 9.47 Å². The lowest BCUT2D eigenvalue weighted by Crippen LogP contribution is -2.29. The molecule has 0 spiro atoms. The number of aromatic nitrogens is 3. The first kappa shape index (κ1) is 15.3. The third-order valence-electron chi connectivity index (χ3n) is 3.47. The summed E-state index contributed by atoms with van der Waals surface area (Å²) >= 11 is 5.87. The molecule has 0 atom stereocenters. The van der Waals surface area contributed by atoms with E-state index in [0.29, 0.717) is 5.41 Å². The summed E-state index contributed by atoms with van der Waals surface area (Å²) in [5.41, 5.74) is 0.405. The maximum Gasteiger partial charge on any atom is 0.324 e. The minimum absolute atomic E-state index is 0.0169. The molecule has 1 aliphatic carbocycles. The molecule has 5 nitrogen and oxygen atoms in total. The molecule has 0 N–H and O–H groups in total. The second kappa shape index (κ2) is 6.12. The van der Waals surface area contributed by atoms with Gasteiger partial charge in [0.1, 0.15) is 6.10 Å². The van der Waals surface area contributed by atoms with Crippen molar-refractivity contribution in [3.8, 4) is 12.0 Å². The maximum atomic E-state index is 5.87. The Morgan fingerprint density at radius 3 is 2.30 bits per heavy atom. The van der Waals surface area contributed by atoms with Gasteiger partial charge in [0.15, 0.2) is 0 Å². The summed E-state index contributed by atoms with van der Waals surface area (Å²) in [6, 6.07) is 0.469. The molecule has 0 unspecified atom stereocenters. The van der Waals surface area contributed by atoms with Crippen LogP contribution in [0.5, 0.6) is 12.0 Å². The van der Waals surface area contributed by atoms with E-state index in [1.165, 1.54) is 0 Å². The molecule has 20 heavy (non-hydrogen) atoms. The molecule has 0 radical (unpaired) electrons. The second-order valence-electron chi connectivity index (χ2n) is 6.32. The summed E-state index contributed by atoms with van der Waals surface area (Å²) in [7, 11) is 0. The van der Waals surface area contributed by atoms with Gasteiger partial charge in [0.2, 0.25) is 5.28 Å². The Bertz CT molecular complexity index is 456. The molecular weight excluding hydrogens is 278 g/mol. The lowest BCUT2D eigenvalue weighted by atomic mass is 9.76. The molecule has 1 aliphatic rings. The van der Waals surface area contributed by atoms with Gasteiger partial charge < -0.3 is 9.47 Å². The van der Waals surface area contributed by atoms with Crippen LogP contribution in [0.25, 0.3) is 0 Å². The Balaban J connectivity index is 2.00. The van der Waals surface area contributed by atoms with Crippen LogP contribution in [-0.4, -0.2) is 27.2 Å². The topological polar surface area (TPSA) is 57.1 Å². The van der Waals surface area contributed by atoms with Gasteiger partial charge in [-0.2, -0.15) is 9.97 Å². The smallest absolute Gasteiger partial charge is 0.324 e. The number of rotatable bonds is 4. The van der Waals surface area contributed by atoms with Gasteiger partial charge in [-0.05, 0) is 56.5 Å². The number of hydrogen-bond donors (Lipinski definition) is 0. The van der Waals surface area contributed by atoms with Gasteiger partial charge in [0.25, 0.3) is 0 Å². The zero-order valence-electron chi connectivity index (χ0n) is 12.5. The fourth-order valence-corrected chi connectivity index (χ4v) is 2.42. The van der Waals surface area contributed by atoms with E-state index in [4.69, 9.17) is 21.1 Å². The highest BCUT2D eigenvalue weighted by Crippen LogP contribution is 2.36. The fraction of sp³-hybridized carbons (Fsp3) is 0.786. The van der Waals surface area contributed by atoms with Crippen molar-refractivity contribution in [2.45, 2.75) is 65.6 Å². The third kappa shape index (κ3) is 4.47. The number of halogens is 1. The molecule has 1 heterocycles. The van der Waals surface area contributed by atoms with E-state index >= 15 is 0 Å². The summed E-state index contributed by atoms with van der Waals surface area (Å²) in [6.45, 7) is 8.39. The Labute approximate surface area is 125 Å². The second-order valence-corrected chi connectivity index (χ2v) is 6.66. The first-order valence-electron chi connectivity index (χ1n) is 7.09. The van der Waals surface area contributed by atoms with E-state index in [0.717, 1.165) is 25.7 Å². The largest absolute Gasteiger partial charge is 0.461 e. The summed E-state index contributed by atoms with van der Waals surface area (Å²) < 4.78 is 11.3. The highest BCUT2D eigenvalue weighted by atomic mass is 35.5. The van der Waals surface area contributed by atoms with Crippen LogP contribution in [0.1, 0.15) is 53.4 Å². The van der Waals surface area contributed by atoms with Crippen molar-refractivity contribution >= 4 is 11.6 Å². The predicted molar refractivity (Wildman–Crippen MR) is 77.3 cm³/mol. The zero-order chi connectivity index (χ0) is 14.8. The Morgan fingerprint density at radius 1 is 1.10 bits per heavy atom. The van der Waals surface area contributed by atoms with Gasteiger partial charge in [-0.15, -0.1) is 4.98 Å². The molecule has 1 fully saturated rings. The molecule has 0 bridgehead atoms. The molecule has 1 aromatic rings. The van der Waals surface area contributed by atoms with Gasteiger partial charge >= 0.3 is 12.0 Å². The van der Waals surface area contributed by atoms with Crippen LogP contribution in [0.4, 0.5) is 0 Å². The number of nitrogens with zero attached hydrogens (tertiary/aromatic N) is 3. The van der Waals surface area contributed by atoms with Gasteiger partial charge in [-0.25, -0.2) is 0 Å². The molecule has 0 saturated heterocycles. The fourth-order valence-electron chi connectivity index (χ4n) is 2.27. The van der Waals surface area contributed by atoms with Crippen molar-refractivity contribution in [2.75, 3.05) is 0 Å². The van der Waals surface area contributed by atoms with E-state index < -0.39 is 0 Å².